The van der Waals surface area contributed by atoms with E-state index in [9.17, 15) is 14.4 Å². The average Bonchev–Trinajstić information content (AvgIpc) is 2.50. The van der Waals surface area contributed by atoms with E-state index in [-0.39, 0.29) is 11.7 Å². The van der Waals surface area contributed by atoms with Gasteiger partial charge in [0.25, 0.3) is 0 Å². The minimum absolute atomic E-state index is 0.214. The number of esters is 1. The van der Waals surface area contributed by atoms with Gasteiger partial charge in [-0.15, -0.1) is 0 Å². The number of hydrogen-bond acceptors (Lipinski definition) is 6. The minimum Gasteiger partial charge on any atom is -0.444 e. The number of nitrogens with one attached hydrogen (secondary N) is 1. The summed E-state index contributed by atoms with van der Waals surface area (Å²) in [5, 5.41) is 3.24. The van der Waals surface area contributed by atoms with Crippen molar-refractivity contribution in [3.63, 3.8) is 0 Å². The van der Waals surface area contributed by atoms with Crippen molar-refractivity contribution in [3.05, 3.63) is 40.8 Å². The van der Waals surface area contributed by atoms with Gasteiger partial charge in [0.1, 0.15) is 23.0 Å². The van der Waals surface area contributed by atoms with Gasteiger partial charge in [0, 0.05) is 17.5 Å². The van der Waals surface area contributed by atoms with Gasteiger partial charge in [-0.05, 0) is 44.9 Å². The van der Waals surface area contributed by atoms with Crippen molar-refractivity contribution in [2.24, 2.45) is 5.92 Å². The molecule has 0 spiro atoms. The molecule has 140 valence electrons. The molecule has 1 aromatic heterocycles. The molecule has 2 rings (SSSR count). The third kappa shape index (κ3) is 5.34. The number of alkyl carbamates (subject to hydrolysis) is 1. The third-order valence-corrected chi connectivity index (χ3v) is 3.41. The molecular weight excluding hydrogens is 338 g/mol. The predicted molar refractivity (Wildman–Crippen MR) is 96.1 cm³/mol. The number of benzene rings is 1. The van der Waals surface area contributed by atoms with E-state index in [1.165, 1.54) is 12.1 Å². The molecule has 0 radical (unpaired) electrons. The van der Waals surface area contributed by atoms with Gasteiger partial charge in [-0.1, -0.05) is 13.8 Å². The summed E-state index contributed by atoms with van der Waals surface area (Å²) in [6, 6.07) is 6.77. The lowest BCUT2D eigenvalue weighted by atomic mass is 10.1. The number of ether oxygens (including phenoxy) is 2. The normalized spacial score (nSPS) is 12.7. The van der Waals surface area contributed by atoms with Gasteiger partial charge in [-0.3, -0.25) is 0 Å². The molecule has 0 fully saturated rings. The molecule has 0 aliphatic carbocycles. The molecule has 0 saturated heterocycles. The molecule has 2 aromatic rings. The number of rotatable bonds is 4. The summed E-state index contributed by atoms with van der Waals surface area (Å²) in [6.07, 6.45) is -0.697. The summed E-state index contributed by atoms with van der Waals surface area (Å²) in [6.45, 7) is 8.76. The van der Waals surface area contributed by atoms with Crippen LogP contribution in [0.2, 0.25) is 0 Å². The Bertz CT molecular complexity index is 862. The Balaban J connectivity index is 2.14. The first-order chi connectivity index (χ1) is 12.0. The molecular formula is C19H23NO6. The first-order valence-electron chi connectivity index (χ1n) is 8.30. The SMILES string of the molecule is CC(C)[C@@H](NC(=O)OC(C)(C)C)C(=O)Oc1ccc2ccc(=O)oc2c1. The third-order valence-electron chi connectivity index (χ3n) is 3.41. The smallest absolute Gasteiger partial charge is 0.408 e. The monoisotopic (exact) mass is 361 g/mol. The molecule has 0 saturated carbocycles. The summed E-state index contributed by atoms with van der Waals surface area (Å²) < 4.78 is 15.6. The Morgan fingerprint density at radius 3 is 2.38 bits per heavy atom. The Morgan fingerprint density at radius 1 is 1.12 bits per heavy atom. The zero-order chi connectivity index (χ0) is 19.5. The molecule has 1 heterocycles. The zero-order valence-corrected chi connectivity index (χ0v) is 15.5. The number of amides is 1. The number of carbonyl (C=O) groups is 2. The Hall–Kier alpha value is -2.83. The topological polar surface area (TPSA) is 94.8 Å². The predicted octanol–water partition coefficient (Wildman–Crippen LogP) is 3.25. The average molecular weight is 361 g/mol. The van der Waals surface area contributed by atoms with Crippen molar-refractivity contribution in [1.82, 2.24) is 5.32 Å². The fraction of sp³-hybridized carbons (Fsp3) is 0.421. The van der Waals surface area contributed by atoms with Crippen LogP contribution in [0.15, 0.2) is 39.5 Å². The maximum Gasteiger partial charge on any atom is 0.408 e. The molecule has 1 atom stereocenters. The van der Waals surface area contributed by atoms with E-state index in [1.807, 2.05) is 0 Å². The van der Waals surface area contributed by atoms with Gasteiger partial charge < -0.3 is 19.2 Å². The maximum absolute atomic E-state index is 12.5. The number of carbonyl (C=O) groups excluding carboxylic acids is 2. The maximum atomic E-state index is 12.5. The number of fused-ring (bicyclic) bond motifs is 1. The molecule has 7 heteroatoms. The minimum atomic E-state index is -0.886. The Labute approximate surface area is 151 Å². The van der Waals surface area contributed by atoms with E-state index in [0.717, 1.165) is 0 Å². The van der Waals surface area contributed by atoms with E-state index in [0.29, 0.717) is 11.0 Å². The lowest BCUT2D eigenvalue weighted by Crippen LogP contribution is -2.48. The zero-order valence-electron chi connectivity index (χ0n) is 15.5. The van der Waals surface area contributed by atoms with Crippen molar-refractivity contribution >= 4 is 23.0 Å². The molecule has 0 aliphatic heterocycles. The molecule has 0 unspecified atom stereocenters. The van der Waals surface area contributed by atoms with Gasteiger partial charge in [0.2, 0.25) is 0 Å². The summed E-state index contributed by atoms with van der Waals surface area (Å²) in [5.41, 5.74) is -0.859. The Morgan fingerprint density at radius 2 is 1.77 bits per heavy atom. The van der Waals surface area contributed by atoms with Crippen molar-refractivity contribution in [1.29, 1.82) is 0 Å². The van der Waals surface area contributed by atoms with Gasteiger partial charge in [-0.2, -0.15) is 0 Å². The van der Waals surface area contributed by atoms with E-state index < -0.39 is 29.3 Å². The first kappa shape index (κ1) is 19.5. The highest BCUT2D eigenvalue weighted by Gasteiger charge is 2.28. The van der Waals surface area contributed by atoms with E-state index in [2.05, 4.69) is 5.32 Å². The second-order valence-corrected chi connectivity index (χ2v) is 7.24. The van der Waals surface area contributed by atoms with E-state index in [4.69, 9.17) is 13.9 Å². The van der Waals surface area contributed by atoms with Gasteiger partial charge >= 0.3 is 17.7 Å². The van der Waals surface area contributed by atoms with Crippen molar-refractivity contribution in [2.45, 2.75) is 46.3 Å². The van der Waals surface area contributed by atoms with E-state index in [1.54, 1.807) is 52.8 Å². The van der Waals surface area contributed by atoms with E-state index >= 15 is 0 Å². The molecule has 0 bridgehead atoms. The summed E-state index contributed by atoms with van der Waals surface area (Å²) in [4.78, 5) is 35.7. The highest BCUT2D eigenvalue weighted by molar-refractivity contribution is 5.84. The van der Waals surface area contributed by atoms with Crippen LogP contribution in [0.3, 0.4) is 0 Å². The highest BCUT2D eigenvalue weighted by atomic mass is 16.6. The van der Waals surface area contributed by atoms with Crippen molar-refractivity contribution in [3.8, 4) is 5.75 Å². The summed E-state index contributed by atoms with van der Waals surface area (Å²) in [5.74, 6) is -0.634. The molecule has 1 amide bonds. The highest BCUT2D eigenvalue weighted by Crippen LogP contribution is 2.20. The first-order valence-corrected chi connectivity index (χ1v) is 8.30. The summed E-state index contributed by atoms with van der Waals surface area (Å²) >= 11 is 0. The van der Waals surface area contributed by atoms with Crippen LogP contribution in [-0.2, 0) is 9.53 Å². The molecule has 1 aromatic carbocycles. The second-order valence-electron chi connectivity index (χ2n) is 7.24. The lowest BCUT2D eigenvalue weighted by molar-refractivity contribution is -0.137. The van der Waals surface area contributed by atoms with Crippen molar-refractivity contribution in [2.75, 3.05) is 0 Å². The van der Waals surface area contributed by atoms with Crippen LogP contribution < -0.4 is 15.7 Å². The van der Waals surface area contributed by atoms with Crippen LogP contribution in [-0.4, -0.2) is 23.7 Å². The van der Waals surface area contributed by atoms with Crippen molar-refractivity contribution < 1.29 is 23.5 Å². The molecule has 7 nitrogen and oxygen atoms in total. The van der Waals surface area contributed by atoms with Crippen LogP contribution in [0.25, 0.3) is 11.0 Å². The molecule has 0 aliphatic rings. The second kappa shape index (κ2) is 7.59. The standard InChI is InChI=1S/C19H23NO6/c1-11(2)16(20-18(23)26-19(3,4)5)17(22)24-13-8-6-12-7-9-15(21)25-14(12)10-13/h6-11,16H,1-5H3,(H,20,23)/t16-/m1/s1. The van der Waals surface area contributed by atoms with Gasteiger partial charge in [0.15, 0.2) is 0 Å². The van der Waals surface area contributed by atoms with Crippen LogP contribution >= 0.6 is 0 Å². The Kier molecular flexibility index (Phi) is 5.69. The number of hydrogen-bond donors (Lipinski definition) is 1. The van der Waals surface area contributed by atoms with Crippen LogP contribution in [0, 0.1) is 5.92 Å². The lowest BCUT2D eigenvalue weighted by Gasteiger charge is -2.24. The largest absolute Gasteiger partial charge is 0.444 e. The summed E-state index contributed by atoms with van der Waals surface area (Å²) in [7, 11) is 0. The van der Waals surface area contributed by atoms with Gasteiger partial charge in [-0.25, -0.2) is 14.4 Å². The fourth-order valence-electron chi connectivity index (χ4n) is 2.22. The van der Waals surface area contributed by atoms with Crippen LogP contribution in [0.5, 0.6) is 5.75 Å². The van der Waals surface area contributed by atoms with Crippen LogP contribution in [0.1, 0.15) is 34.6 Å². The quantitative estimate of drug-likeness (QED) is 0.510. The van der Waals surface area contributed by atoms with Gasteiger partial charge in [0.05, 0.1) is 0 Å². The van der Waals surface area contributed by atoms with Crippen LogP contribution in [0.4, 0.5) is 4.79 Å². The molecule has 26 heavy (non-hydrogen) atoms. The fourth-order valence-corrected chi connectivity index (χ4v) is 2.22. The molecule has 1 N–H and O–H groups in total.